The molecule has 1 fully saturated rings. The molecule has 0 aliphatic heterocycles. The van der Waals surface area contributed by atoms with Crippen molar-refractivity contribution in [2.75, 3.05) is 0 Å². The second-order valence-corrected chi connectivity index (χ2v) is 4.00. The molecular weight excluding hydrogens is 214 g/mol. The molecule has 86 valence electrons. The lowest BCUT2D eigenvalue weighted by molar-refractivity contribution is -0.120. The average molecular weight is 226 g/mol. The molecule has 1 aromatic carbocycles. The van der Waals surface area contributed by atoms with Crippen LogP contribution < -0.4 is 11.1 Å². The van der Waals surface area contributed by atoms with Crippen molar-refractivity contribution < 1.29 is 13.6 Å². The Hall–Kier alpha value is -1.49. The van der Waals surface area contributed by atoms with Crippen LogP contribution in [-0.2, 0) is 11.2 Å². The quantitative estimate of drug-likeness (QED) is 0.798. The van der Waals surface area contributed by atoms with Gasteiger partial charge in [-0.15, -0.1) is 0 Å². The summed E-state index contributed by atoms with van der Waals surface area (Å²) in [6.45, 7) is 0. The highest BCUT2D eigenvalue weighted by Crippen LogP contribution is 2.18. The van der Waals surface area contributed by atoms with Crippen LogP contribution >= 0.6 is 0 Å². The summed E-state index contributed by atoms with van der Waals surface area (Å²) in [6.07, 6.45) is 0.823. The van der Waals surface area contributed by atoms with Crippen molar-refractivity contribution in [3.05, 3.63) is 35.4 Å². The second kappa shape index (κ2) is 4.17. The van der Waals surface area contributed by atoms with E-state index in [4.69, 9.17) is 5.73 Å². The number of hydrogen-bond donors (Lipinski definition) is 2. The van der Waals surface area contributed by atoms with Gasteiger partial charge in [0.1, 0.15) is 0 Å². The zero-order valence-electron chi connectivity index (χ0n) is 8.54. The molecule has 0 heterocycles. The van der Waals surface area contributed by atoms with Crippen molar-refractivity contribution >= 4 is 5.91 Å². The zero-order valence-corrected chi connectivity index (χ0v) is 8.54. The standard InChI is InChI=1S/C11H12F2N2O/c12-7-2-1-6(3-8(7)13)4-11(16)15-10-5-9(10)14/h1-3,9-10H,4-5,14H2,(H,15,16). The van der Waals surface area contributed by atoms with Crippen molar-refractivity contribution in [3.8, 4) is 0 Å². The summed E-state index contributed by atoms with van der Waals surface area (Å²) in [6, 6.07) is 3.51. The van der Waals surface area contributed by atoms with Gasteiger partial charge in [0.05, 0.1) is 6.42 Å². The molecule has 2 rings (SSSR count). The number of benzene rings is 1. The van der Waals surface area contributed by atoms with Crippen molar-refractivity contribution in [1.82, 2.24) is 5.32 Å². The fourth-order valence-electron chi connectivity index (χ4n) is 1.47. The second-order valence-electron chi connectivity index (χ2n) is 4.00. The van der Waals surface area contributed by atoms with Gasteiger partial charge in [-0.25, -0.2) is 8.78 Å². The molecule has 2 unspecified atom stereocenters. The fraction of sp³-hybridized carbons (Fsp3) is 0.364. The Morgan fingerprint density at radius 1 is 1.44 bits per heavy atom. The average Bonchev–Trinajstić information content (AvgIpc) is 2.88. The summed E-state index contributed by atoms with van der Waals surface area (Å²) < 4.78 is 25.5. The highest BCUT2D eigenvalue weighted by molar-refractivity contribution is 5.79. The third-order valence-electron chi connectivity index (χ3n) is 2.53. The molecule has 1 aromatic rings. The summed E-state index contributed by atoms with van der Waals surface area (Å²) in [5.74, 6) is -2.06. The molecule has 0 saturated heterocycles. The first-order valence-electron chi connectivity index (χ1n) is 5.05. The predicted molar refractivity (Wildman–Crippen MR) is 54.6 cm³/mol. The van der Waals surface area contributed by atoms with Gasteiger partial charge in [-0.2, -0.15) is 0 Å². The minimum atomic E-state index is -0.937. The number of nitrogens with two attached hydrogens (primary N) is 1. The van der Waals surface area contributed by atoms with E-state index in [0.29, 0.717) is 5.56 Å². The SMILES string of the molecule is NC1CC1NC(=O)Cc1ccc(F)c(F)c1. The Morgan fingerprint density at radius 2 is 2.12 bits per heavy atom. The first kappa shape index (κ1) is 11.0. The van der Waals surface area contributed by atoms with Crippen LogP contribution in [-0.4, -0.2) is 18.0 Å². The molecule has 1 aliphatic rings. The van der Waals surface area contributed by atoms with Gasteiger partial charge in [0.15, 0.2) is 11.6 Å². The van der Waals surface area contributed by atoms with E-state index in [-0.39, 0.29) is 24.4 Å². The van der Waals surface area contributed by atoms with E-state index in [9.17, 15) is 13.6 Å². The Morgan fingerprint density at radius 3 is 2.69 bits per heavy atom. The molecule has 1 saturated carbocycles. The van der Waals surface area contributed by atoms with Gasteiger partial charge in [0.2, 0.25) is 5.91 Å². The van der Waals surface area contributed by atoms with Gasteiger partial charge in [0.25, 0.3) is 0 Å². The van der Waals surface area contributed by atoms with Crippen LogP contribution in [0.5, 0.6) is 0 Å². The summed E-state index contributed by atoms with van der Waals surface area (Å²) >= 11 is 0. The van der Waals surface area contributed by atoms with Crippen molar-refractivity contribution in [2.24, 2.45) is 5.73 Å². The Bertz CT molecular complexity index is 422. The van der Waals surface area contributed by atoms with Crippen LogP contribution in [0.25, 0.3) is 0 Å². The topological polar surface area (TPSA) is 55.1 Å². The van der Waals surface area contributed by atoms with Gasteiger partial charge < -0.3 is 11.1 Å². The lowest BCUT2D eigenvalue weighted by atomic mass is 10.1. The van der Waals surface area contributed by atoms with Crippen LogP contribution in [0, 0.1) is 11.6 Å². The zero-order chi connectivity index (χ0) is 11.7. The van der Waals surface area contributed by atoms with Crippen molar-refractivity contribution in [3.63, 3.8) is 0 Å². The summed E-state index contributed by atoms with van der Waals surface area (Å²) in [5, 5.41) is 2.71. The summed E-state index contributed by atoms with van der Waals surface area (Å²) in [4.78, 5) is 11.4. The van der Waals surface area contributed by atoms with Gasteiger partial charge >= 0.3 is 0 Å². The van der Waals surface area contributed by atoms with Crippen LogP contribution in [0.15, 0.2) is 18.2 Å². The summed E-state index contributed by atoms with van der Waals surface area (Å²) in [5.41, 5.74) is 5.98. The number of hydrogen-bond acceptors (Lipinski definition) is 2. The highest BCUT2D eigenvalue weighted by Gasteiger charge is 2.34. The summed E-state index contributed by atoms with van der Waals surface area (Å²) in [7, 11) is 0. The minimum absolute atomic E-state index is 0.0360. The molecule has 1 aliphatic carbocycles. The molecule has 1 amide bonds. The van der Waals surface area contributed by atoms with E-state index in [1.807, 2.05) is 0 Å². The van der Waals surface area contributed by atoms with E-state index in [0.717, 1.165) is 18.6 Å². The fourth-order valence-corrected chi connectivity index (χ4v) is 1.47. The maximum absolute atomic E-state index is 12.8. The molecule has 0 spiro atoms. The molecule has 16 heavy (non-hydrogen) atoms. The lowest BCUT2D eigenvalue weighted by Gasteiger charge is -2.04. The van der Waals surface area contributed by atoms with E-state index in [1.165, 1.54) is 6.07 Å². The number of carbonyl (C=O) groups excluding carboxylic acids is 1. The van der Waals surface area contributed by atoms with Crippen LogP contribution in [0.2, 0.25) is 0 Å². The van der Waals surface area contributed by atoms with Crippen molar-refractivity contribution in [1.29, 1.82) is 0 Å². The van der Waals surface area contributed by atoms with Crippen molar-refractivity contribution in [2.45, 2.75) is 24.9 Å². The monoisotopic (exact) mass is 226 g/mol. The van der Waals surface area contributed by atoms with Crippen LogP contribution in [0.3, 0.4) is 0 Å². The maximum atomic E-state index is 12.8. The van der Waals surface area contributed by atoms with Gasteiger partial charge in [-0.3, -0.25) is 4.79 Å². The largest absolute Gasteiger partial charge is 0.351 e. The van der Waals surface area contributed by atoms with E-state index in [1.54, 1.807) is 0 Å². The highest BCUT2D eigenvalue weighted by atomic mass is 19.2. The minimum Gasteiger partial charge on any atom is -0.351 e. The third kappa shape index (κ3) is 2.55. The lowest BCUT2D eigenvalue weighted by Crippen LogP contribution is -2.30. The van der Waals surface area contributed by atoms with E-state index in [2.05, 4.69) is 5.32 Å². The Labute approximate surface area is 91.6 Å². The molecule has 0 radical (unpaired) electrons. The molecule has 3 N–H and O–H groups in total. The maximum Gasteiger partial charge on any atom is 0.224 e. The number of nitrogens with one attached hydrogen (secondary N) is 1. The van der Waals surface area contributed by atoms with E-state index < -0.39 is 11.6 Å². The smallest absolute Gasteiger partial charge is 0.224 e. The first-order valence-corrected chi connectivity index (χ1v) is 5.05. The third-order valence-corrected chi connectivity index (χ3v) is 2.53. The number of amides is 1. The molecule has 3 nitrogen and oxygen atoms in total. The van der Waals surface area contributed by atoms with E-state index >= 15 is 0 Å². The molecule has 5 heteroatoms. The molecule has 0 aromatic heterocycles. The molecular formula is C11H12F2N2O. The Kier molecular flexibility index (Phi) is 2.87. The van der Waals surface area contributed by atoms with Gasteiger partial charge in [-0.05, 0) is 24.1 Å². The normalized spacial score (nSPS) is 22.9. The number of rotatable bonds is 3. The Balaban J connectivity index is 1.92. The molecule has 0 bridgehead atoms. The first-order chi connectivity index (χ1) is 7.56. The van der Waals surface area contributed by atoms with Gasteiger partial charge in [0, 0.05) is 12.1 Å². The van der Waals surface area contributed by atoms with Gasteiger partial charge in [-0.1, -0.05) is 6.07 Å². The molecule has 2 atom stereocenters. The number of carbonyl (C=O) groups is 1. The number of halogens is 2. The van der Waals surface area contributed by atoms with Crippen LogP contribution in [0.4, 0.5) is 8.78 Å². The predicted octanol–water partition coefficient (Wildman–Crippen LogP) is 0.723. The van der Waals surface area contributed by atoms with Crippen LogP contribution in [0.1, 0.15) is 12.0 Å².